The zero-order valence-corrected chi connectivity index (χ0v) is 25.3. The van der Waals surface area contributed by atoms with Gasteiger partial charge in [-0.05, 0) is 66.8 Å². The molecule has 0 bridgehead atoms. The summed E-state index contributed by atoms with van der Waals surface area (Å²) in [5.74, 6) is -0.791. The number of carbonyl (C=O) groups excluding carboxylic acids is 2. The van der Waals surface area contributed by atoms with Crippen LogP contribution in [0.15, 0.2) is 97.1 Å². The van der Waals surface area contributed by atoms with E-state index < -0.39 is 43.6 Å². The minimum atomic E-state index is -4.10. The average molecular weight is 621 g/mol. The number of nitrogens with two attached hydrogens (primary N) is 2. The summed E-state index contributed by atoms with van der Waals surface area (Å²) in [5.41, 5.74) is 15.7. The zero-order chi connectivity index (χ0) is 31.4. The molecule has 0 saturated heterocycles. The van der Waals surface area contributed by atoms with Crippen molar-refractivity contribution in [3.05, 3.63) is 130 Å². The number of sulfonamides is 2. The fourth-order valence-corrected chi connectivity index (χ4v) is 7.42. The highest BCUT2D eigenvalue weighted by molar-refractivity contribution is 7.93. The Labute approximate surface area is 251 Å². The number of primary amides is 2. The molecule has 4 aromatic rings. The summed E-state index contributed by atoms with van der Waals surface area (Å²) in [6.45, 7) is 3.77. The number of benzene rings is 4. The van der Waals surface area contributed by atoms with Crippen molar-refractivity contribution < 1.29 is 26.4 Å². The predicted octanol–water partition coefficient (Wildman–Crippen LogP) is 4.72. The highest BCUT2D eigenvalue weighted by atomic mass is 32.2. The average Bonchev–Trinajstić information content (AvgIpc) is 2.92. The first-order valence-electron chi connectivity index (χ1n) is 13.2. The summed E-state index contributed by atoms with van der Waals surface area (Å²) in [6.07, 6.45) is 0.403. The van der Waals surface area contributed by atoms with Gasteiger partial charge in [-0.3, -0.25) is 0 Å². The van der Waals surface area contributed by atoms with Crippen LogP contribution in [0.5, 0.6) is 0 Å². The number of amides is 4. The van der Waals surface area contributed by atoms with E-state index in [0.717, 1.165) is 22.3 Å². The molecular formula is C31H32N4O6S2. The van der Waals surface area contributed by atoms with Crippen LogP contribution in [0.25, 0.3) is 0 Å². The van der Waals surface area contributed by atoms with Crippen LogP contribution < -0.4 is 20.1 Å². The molecule has 12 heteroatoms. The Hall–Kier alpha value is -4.68. The minimum Gasteiger partial charge on any atom is -0.350 e. The molecule has 0 heterocycles. The first kappa shape index (κ1) is 31.3. The van der Waals surface area contributed by atoms with Crippen LogP contribution in [-0.2, 0) is 38.0 Å². The lowest BCUT2D eigenvalue weighted by molar-refractivity contribution is 0.256. The highest BCUT2D eigenvalue weighted by Crippen LogP contribution is 2.25. The summed E-state index contributed by atoms with van der Waals surface area (Å²) in [7, 11) is -8.20. The molecule has 4 aromatic carbocycles. The van der Waals surface area contributed by atoms with Crippen molar-refractivity contribution in [2.24, 2.45) is 11.5 Å². The van der Waals surface area contributed by atoms with Crippen LogP contribution in [0, 0.1) is 13.8 Å². The van der Waals surface area contributed by atoms with E-state index in [1.165, 1.54) is 24.3 Å². The molecule has 0 spiro atoms. The van der Waals surface area contributed by atoms with Gasteiger partial charge in [0.05, 0.1) is 22.9 Å². The summed E-state index contributed by atoms with van der Waals surface area (Å²) >= 11 is 0. The van der Waals surface area contributed by atoms with Gasteiger partial charge in [-0.15, -0.1) is 0 Å². The molecule has 0 fully saturated rings. The van der Waals surface area contributed by atoms with Crippen LogP contribution in [0.3, 0.4) is 0 Å². The van der Waals surface area contributed by atoms with Gasteiger partial charge in [0.15, 0.2) is 0 Å². The maximum atomic E-state index is 13.1. The summed E-state index contributed by atoms with van der Waals surface area (Å²) in [5, 5.41) is 0. The monoisotopic (exact) mass is 620 g/mol. The van der Waals surface area contributed by atoms with Crippen LogP contribution in [0.2, 0.25) is 0 Å². The SMILES string of the molecule is Cc1ccc(CS(=O)(=O)N(C(N)=O)c2ccc(Cc3ccc(N(C(N)=O)S(=O)(=O)Cc4ccc(C)cc4)cc3)cc2)cc1. The van der Waals surface area contributed by atoms with Gasteiger partial charge >= 0.3 is 12.1 Å². The molecule has 0 radical (unpaired) electrons. The Morgan fingerprint density at radius 3 is 1.07 bits per heavy atom. The Balaban J connectivity index is 1.49. The minimum absolute atomic E-state index is 0.106. The van der Waals surface area contributed by atoms with E-state index in [4.69, 9.17) is 11.5 Å². The molecular weight excluding hydrogens is 588 g/mol. The lowest BCUT2D eigenvalue weighted by Gasteiger charge is -2.21. The van der Waals surface area contributed by atoms with Gasteiger partial charge in [-0.1, -0.05) is 83.9 Å². The maximum absolute atomic E-state index is 13.1. The van der Waals surface area contributed by atoms with Crippen molar-refractivity contribution in [1.82, 2.24) is 0 Å². The third kappa shape index (κ3) is 7.79. The maximum Gasteiger partial charge on any atom is 0.333 e. The summed E-state index contributed by atoms with van der Waals surface area (Å²) in [4.78, 5) is 24.4. The van der Waals surface area contributed by atoms with Crippen LogP contribution >= 0.6 is 0 Å². The molecule has 0 atom stereocenters. The van der Waals surface area contributed by atoms with Crippen LogP contribution in [0.4, 0.5) is 21.0 Å². The molecule has 4 N–H and O–H groups in total. The van der Waals surface area contributed by atoms with Gasteiger partial charge in [0.2, 0.25) is 20.0 Å². The molecule has 0 aromatic heterocycles. The van der Waals surface area contributed by atoms with Gasteiger partial charge in [-0.25, -0.2) is 26.4 Å². The van der Waals surface area contributed by atoms with Crippen molar-refractivity contribution in [3.8, 4) is 0 Å². The van der Waals surface area contributed by atoms with Gasteiger partial charge in [-0.2, -0.15) is 8.61 Å². The molecule has 4 amide bonds. The molecule has 0 aliphatic rings. The second kappa shape index (κ2) is 12.7. The van der Waals surface area contributed by atoms with Crippen molar-refractivity contribution in [1.29, 1.82) is 0 Å². The van der Waals surface area contributed by atoms with Crippen molar-refractivity contribution in [2.45, 2.75) is 31.8 Å². The first-order valence-corrected chi connectivity index (χ1v) is 16.4. The first-order chi connectivity index (χ1) is 20.2. The third-order valence-electron chi connectivity index (χ3n) is 6.65. The number of hydrogen-bond donors (Lipinski definition) is 2. The fraction of sp³-hybridized carbons (Fsp3) is 0.161. The largest absolute Gasteiger partial charge is 0.350 e. The number of carbonyl (C=O) groups is 2. The van der Waals surface area contributed by atoms with Gasteiger partial charge < -0.3 is 11.5 Å². The van der Waals surface area contributed by atoms with Crippen molar-refractivity contribution >= 4 is 43.5 Å². The van der Waals surface area contributed by atoms with E-state index >= 15 is 0 Å². The number of aryl methyl sites for hydroxylation is 2. The van der Waals surface area contributed by atoms with E-state index in [1.54, 1.807) is 72.8 Å². The lowest BCUT2D eigenvalue weighted by atomic mass is 10.0. The van der Waals surface area contributed by atoms with Gasteiger partial charge in [0.1, 0.15) is 0 Å². The standard InChI is InChI=1S/C31H32N4O6S2/c1-22-3-7-26(8-4-22)20-42(38,39)34(30(32)36)28-15-11-24(12-16-28)19-25-13-17-29(18-14-25)35(31(33)37)43(40,41)21-27-9-5-23(2)6-10-27/h3-18H,19-21H2,1-2H3,(H2,32,36)(H2,33,37). The summed E-state index contributed by atoms with van der Waals surface area (Å²) in [6, 6.07) is 24.3. The van der Waals surface area contributed by atoms with Gasteiger partial charge in [0.25, 0.3) is 0 Å². The number of rotatable bonds is 10. The van der Waals surface area contributed by atoms with Gasteiger partial charge in [0, 0.05) is 0 Å². The van der Waals surface area contributed by atoms with E-state index in [9.17, 15) is 26.4 Å². The number of hydrogen-bond acceptors (Lipinski definition) is 6. The number of urea groups is 2. The molecule has 10 nitrogen and oxygen atoms in total. The molecule has 43 heavy (non-hydrogen) atoms. The zero-order valence-electron chi connectivity index (χ0n) is 23.7. The molecule has 0 unspecified atom stereocenters. The normalized spacial score (nSPS) is 11.6. The van der Waals surface area contributed by atoms with E-state index in [2.05, 4.69) is 0 Å². The highest BCUT2D eigenvalue weighted by Gasteiger charge is 2.29. The molecule has 0 aliphatic carbocycles. The summed E-state index contributed by atoms with van der Waals surface area (Å²) < 4.78 is 53.4. The van der Waals surface area contributed by atoms with E-state index in [0.29, 0.717) is 26.2 Å². The Morgan fingerprint density at radius 1 is 0.512 bits per heavy atom. The predicted molar refractivity (Wildman–Crippen MR) is 167 cm³/mol. The van der Waals surface area contributed by atoms with Crippen molar-refractivity contribution in [2.75, 3.05) is 8.61 Å². The number of anilines is 2. The van der Waals surface area contributed by atoms with Crippen LogP contribution in [0.1, 0.15) is 33.4 Å². The second-order valence-corrected chi connectivity index (χ2v) is 13.8. The topological polar surface area (TPSA) is 161 Å². The molecule has 0 saturated carbocycles. The quantitative estimate of drug-likeness (QED) is 0.261. The Bertz CT molecular complexity index is 1690. The Morgan fingerprint density at radius 2 is 0.791 bits per heavy atom. The van der Waals surface area contributed by atoms with Crippen molar-refractivity contribution in [3.63, 3.8) is 0 Å². The van der Waals surface area contributed by atoms with E-state index in [-0.39, 0.29) is 11.4 Å². The molecule has 224 valence electrons. The second-order valence-electron chi connectivity index (χ2n) is 10.2. The lowest BCUT2D eigenvalue weighted by Crippen LogP contribution is -2.41. The molecule has 0 aliphatic heterocycles. The van der Waals surface area contributed by atoms with E-state index in [1.807, 2.05) is 13.8 Å². The third-order valence-corrected chi connectivity index (χ3v) is 9.94. The Kier molecular flexibility index (Phi) is 9.22. The molecule has 4 rings (SSSR count). The smallest absolute Gasteiger partial charge is 0.333 e. The number of nitrogens with zero attached hydrogens (tertiary/aromatic N) is 2. The fourth-order valence-electron chi connectivity index (χ4n) is 4.50. The van der Waals surface area contributed by atoms with Crippen LogP contribution in [-0.4, -0.2) is 28.9 Å².